The lowest BCUT2D eigenvalue weighted by molar-refractivity contribution is -0.145. The van der Waals surface area contributed by atoms with Crippen molar-refractivity contribution >= 4 is 21.9 Å². The smallest absolute Gasteiger partial charge is 0.327 e. The van der Waals surface area contributed by atoms with Gasteiger partial charge in [-0.15, -0.1) is 0 Å². The zero-order chi connectivity index (χ0) is 15.7. The van der Waals surface area contributed by atoms with E-state index in [-0.39, 0.29) is 5.97 Å². The average Bonchev–Trinajstić information content (AvgIpc) is 2.49. The first kappa shape index (κ1) is 18.1. The summed E-state index contributed by atoms with van der Waals surface area (Å²) >= 11 is 3.51. The average molecular weight is 357 g/mol. The van der Waals surface area contributed by atoms with Crippen molar-refractivity contribution in [1.82, 2.24) is 10.2 Å². The summed E-state index contributed by atoms with van der Waals surface area (Å²) in [5.41, 5.74) is 0.912. The molecule has 0 heterocycles. The summed E-state index contributed by atoms with van der Waals surface area (Å²) < 4.78 is 6.10. The second-order valence-corrected chi connectivity index (χ2v) is 5.54. The monoisotopic (exact) mass is 356 g/mol. The number of halogens is 1. The third-order valence-corrected chi connectivity index (χ3v) is 4.13. The minimum Gasteiger partial charge on any atom is -0.465 e. The van der Waals surface area contributed by atoms with Crippen molar-refractivity contribution in [2.45, 2.75) is 26.8 Å². The SMILES string of the molecule is CCOC(=O)C(NCCN(CC)CC)c1ccccc1Br. The van der Waals surface area contributed by atoms with Crippen LogP contribution in [0.2, 0.25) is 0 Å². The number of rotatable bonds is 9. The summed E-state index contributed by atoms with van der Waals surface area (Å²) in [6, 6.07) is 7.31. The Hall–Kier alpha value is -0.910. The summed E-state index contributed by atoms with van der Waals surface area (Å²) in [5, 5.41) is 3.31. The van der Waals surface area contributed by atoms with Crippen LogP contribution in [-0.4, -0.2) is 43.7 Å². The molecule has 4 nitrogen and oxygen atoms in total. The number of carbonyl (C=O) groups is 1. The summed E-state index contributed by atoms with van der Waals surface area (Å²) in [7, 11) is 0. The van der Waals surface area contributed by atoms with Crippen LogP contribution in [0.5, 0.6) is 0 Å². The van der Waals surface area contributed by atoms with E-state index in [9.17, 15) is 4.79 Å². The van der Waals surface area contributed by atoms with E-state index in [2.05, 4.69) is 40.0 Å². The van der Waals surface area contributed by atoms with Crippen LogP contribution in [0, 0.1) is 0 Å². The van der Waals surface area contributed by atoms with Gasteiger partial charge in [-0.2, -0.15) is 0 Å². The summed E-state index contributed by atoms with van der Waals surface area (Å²) in [5.74, 6) is -0.232. The first-order valence-electron chi connectivity index (χ1n) is 7.50. The topological polar surface area (TPSA) is 41.6 Å². The van der Waals surface area contributed by atoms with E-state index in [1.807, 2.05) is 31.2 Å². The number of hydrogen-bond acceptors (Lipinski definition) is 4. The Bertz CT molecular complexity index is 436. The lowest BCUT2D eigenvalue weighted by Gasteiger charge is -2.22. The second kappa shape index (κ2) is 9.92. The molecule has 1 atom stereocenters. The number of hydrogen-bond donors (Lipinski definition) is 1. The summed E-state index contributed by atoms with van der Waals surface area (Å²) in [4.78, 5) is 14.5. The van der Waals surface area contributed by atoms with Gasteiger partial charge in [-0.3, -0.25) is 5.32 Å². The summed E-state index contributed by atoms with van der Waals surface area (Å²) in [6.07, 6.45) is 0. The lowest BCUT2D eigenvalue weighted by atomic mass is 10.1. The van der Waals surface area contributed by atoms with Crippen molar-refractivity contribution in [3.63, 3.8) is 0 Å². The van der Waals surface area contributed by atoms with Crippen LogP contribution in [0.1, 0.15) is 32.4 Å². The van der Waals surface area contributed by atoms with Crippen molar-refractivity contribution < 1.29 is 9.53 Å². The normalized spacial score (nSPS) is 12.4. The molecule has 21 heavy (non-hydrogen) atoms. The van der Waals surface area contributed by atoms with Gasteiger partial charge in [0, 0.05) is 17.6 Å². The first-order chi connectivity index (χ1) is 10.1. The van der Waals surface area contributed by atoms with Gasteiger partial charge in [-0.05, 0) is 31.6 Å². The Morgan fingerprint density at radius 1 is 1.29 bits per heavy atom. The number of carbonyl (C=O) groups excluding carboxylic acids is 1. The minimum absolute atomic E-state index is 0.232. The molecule has 0 amide bonds. The maximum Gasteiger partial charge on any atom is 0.327 e. The second-order valence-electron chi connectivity index (χ2n) is 4.69. The molecule has 1 unspecified atom stereocenters. The Labute approximate surface area is 136 Å². The van der Waals surface area contributed by atoms with Crippen molar-refractivity contribution in [2.24, 2.45) is 0 Å². The summed E-state index contributed by atoms with van der Waals surface area (Å²) in [6.45, 7) is 10.2. The van der Waals surface area contributed by atoms with E-state index in [1.165, 1.54) is 0 Å². The molecule has 1 aromatic carbocycles. The molecular formula is C16H25BrN2O2. The van der Waals surface area contributed by atoms with E-state index >= 15 is 0 Å². The highest BCUT2D eigenvalue weighted by molar-refractivity contribution is 9.10. The van der Waals surface area contributed by atoms with Gasteiger partial charge in [-0.25, -0.2) is 4.79 Å². The van der Waals surface area contributed by atoms with Gasteiger partial charge in [-0.1, -0.05) is 48.0 Å². The highest BCUT2D eigenvalue weighted by Gasteiger charge is 2.23. The molecule has 0 saturated heterocycles. The van der Waals surface area contributed by atoms with Gasteiger partial charge in [0.05, 0.1) is 6.61 Å². The number of nitrogens with zero attached hydrogens (tertiary/aromatic N) is 1. The number of benzene rings is 1. The van der Waals surface area contributed by atoms with Crippen LogP contribution < -0.4 is 5.32 Å². The van der Waals surface area contributed by atoms with Gasteiger partial charge in [0.15, 0.2) is 0 Å². The zero-order valence-corrected chi connectivity index (χ0v) is 14.6. The van der Waals surface area contributed by atoms with Crippen LogP contribution in [0.15, 0.2) is 28.7 Å². The van der Waals surface area contributed by atoms with Gasteiger partial charge < -0.3 is 9.64 Å². The third-order valence-electron chi connectivity index (χ3n) is 3.41. The number of likely N-dealkylation sites (N-methyl/N-ethyl adjacent to an activating group) is 1. The van der Waals surface area contributed by atoms with Crippen molar-refractivity contribution in [1.29, 1.82) is 0 Å². The van der Waals surface area contributed by atoms with Crippen molar-refractivity contribution in [3.05, 3.63) is 34.3 Å². The van der Waals surface area contributed by atoms with Crippen LogP contribution in [0.25, 0.3) is 0 Å². The maximum absolute atomic E-state index is 12.2. The largest absolute Gasteiger partial charge is 0.465 e. The molecule has 0 aliphatic rings. The first-order valence-corrected chi connectivity index (χ1v) is 8.30. The molecular weight excluding hydrogens is 332 g/mol. The fraction of sp³-hybridized carbons (Fsp3) is 0.562. The fourth-order valence-corrected chi connectivity index (χ4v) is 2.68. The molecule has 1 N–H and O–H groups in total. The predicted molar refractivity (Wildman–Crippen MR) is 89.3 cm³/mol. The van der Waals surface area contributed by atoms with Crippen LogP contribution in [0.4, 0.5) is 0 Å². The molecule has 5 heteroatoms. The van der Waals surface area contributed by atoms with Gasteiger partial charge in [0.2, 0.25) is 0 Å². The fourth-order valence-electron chi connectivity index (χ4n) is 2.16. The van der Waals surface area contributed by atoms with E-state index in [1.54, 1.807) is 0 Å². The number of ether oxygens (including phenoxy) is 1. The van der Waals surface area contributed by atoms with Crippen LogP contribution in [-0.2, 0) is 9.53 Å². The molecule has 118 valence electrons. The molecule has 0 aliphatic carbocycles. The van der Waals surface area contributed by atoms with Gasteiger partial charge in [0.1, 0.15) is 6.04 Å². The van der Waals surface area contributed by atoms with Gasteiger partial charge >= 0.3 is 5.97 Å². The Balaban J connectivity index is 2.74. The highest BCUT2D eigenvalue weighted by atomic mass is 79.9. The highest BCUT2D eigenvalue weighted by Crippen LogP contribution is 2.24. The van der Waals surface area contributed by atoms with Gasteiger partial charge in [0.25, 0.3) is 0 Å². The Kier molecular flexibility index (Phi) is 8.57. The lowest BCUT2D eigenvalue weighted by Crippen LogP contribution is -2.37. The molecule has 0 aliphatic heterocycles. The number of esters is 1. The van der Waals surface area contributed by atoms with E-state index in [0.717, 1.165) is 36.2 Å². The predicted octanol–water partition coefficient (Wildman–Crippen LogP) is 2.98. The standard InChI is InChI=1S/C16H25BrN2O2/c1-4-19(5-2)12-11-18-15(16(20)21-6-3)13-9-7-8-10-14(13)17/h7-10,15,18H,4-6,11-12H2,1-3H3. The van der Waals surface area contributed by atoms with Crippen LogP contribution >= 0.6 is 15.9 Å². The Morgan fingerprint density at radius 2 is 1.95 bits per heavy atom. The van der Waals surface area contributed by atoms with E-state index < -0.39 is 6.04 Å². The van der Waals surface area contributed by atoms with E-state index in [4.69, 9.17) is 4.74 Å². The Morgan fingerprint density at radius 3 is 2.52 bits per heavy atom. The molecule has 1 aromatic rings. The maximum atomic E-state index is 12.2. The molecule has 1 rings (SSSR count). The molecule has 0 saturated carbocycles. The molecule has 0 aromatic heterocycles. The quantitative estimate of drug-likeness (QED) is 0.690. The molecule has 0 radical (unpaired) electrons. The zero-order valence-electron chi connectivity index (χ0n) is 13.1. The molecule has 0 spiro atoms. The van der Waals surface area contributed by atoms with Crippen molar-refractivity contribution in [3.8, 4) is 0 Å². The van der Waals surface area contributed by atoms with Crippen molar-refractivity contribution in [2.75, 3.05) is 32.8 Å². The number of nitrogens with one attached hydrogen (secondary N) is 1. The molecule has 0 bridgehead atoms. The third kappa shape index (κ3) is 5.77. The minimum atomic E-state index is -0.434. The van der Waals surface area contributed by atoms with E-state index in [0.29, 0.717) is 6.61 Å². The molecule has 0 fully saturated rings. The van der Waals surface area contributed by atoms with Crippen LogP contribution in [0.3, 0.4) is 0 Å².